The van der Waals surface area contributed by atoms with Crippen molar-refractivity contribution >= 4 is 40.1 Å². The maximum atomic E-state index is 12.8. The number of nitrogens with zero attached hydrogens (tertiary/aromatic N) is 4. The van der Waals surface area contributed by atoms with Crippen molar-refractivity contribution in [1.82, 2.24) is 19.5 Å². The highest BCUT2D eigenvalue weighted by molar-refractivity contribution is 6.35. The Morgan fingerprint density at radius 3 is 2.67 bits per heavy atom. The number of aryl methyl sites for hydroxylation is 2. The lowest BCUT2D eigenvalue weighted by Gasteiger charge is -2.11. The molecule has 0 fully saturated rings. The van der Waals surface area contributed by atoms with Gasteiger partial charge in [-0.25, -0.2) is 15.0 Å². The fourth-order valence-corrected chi connectivity index (χ4v) is 3.23. The molecular weight excluding hydrogens is 362 g/mol. The normalized spacial score (nSPS) is 10.9. The van der Waals surface area contributed by atoms with E-state index in [2.05, 4.69) is 20.3 Å². The van der Waals surface area contributed by atoms with E-state index in [1.807, 2.05) is 42.8 Å². The van der Waals surface area contributed by atoms with E-state index in [0.717, 1.165) is 16.8 Å². The van der Waals surface area contributed by atoms with Crippen LogP contribution in [0.15, 0.2) is 55.1 Å². The first-order valence-corrected chi connectivity index (χ1v) is 8.71. The van der Waals surface area contributed by atoms with Gasteiger partial charge in [-0.2, -0.15) is 0 Å². The lowest BCUT2D eigenvalue weighted by Crippen LogP contribution is -2.05. The average Bonchev–Trinajstić information content (AvgIpc) is 3.04. The van der Waals surface area contributed by atoms with Gasteiger partial charge >= 0.3 is 0 Å². The van der Waals surface area contributed by atoms with Crippen LogP contribution in [-0.4, -0.2) is 25.3 Å². The molecule has 2 aromatic heterocycles. The summed E-state index contributed by atoms with van der Waals surface area (Å²) in [6.45, 7) is 1.91. The Morgan fingerprint density at radius 1 is 1.07 bits per heavy atom. The molecule has 0 aliphatic carbocycles. The number of imidazole rings is 1. The van der Waals surface area contributed by atoms with Crippen molar-refractivity contribution in [2.75, 3.05) is 5.32 Å². The number of benzene rings is 2. The number of carbonyl (C=O) groups is 1. The van der Waals surface area contributed by atoms with E-state index in [9.17, 15) is 4.79 Å². The van der Waals surface area contributed by atoms with Crippen LogP contribution in [0.5, 0.6) is 0 Å². The van der Waals surface area contributed by atoms with Gasteiger partial charge in [0.1, 0.15) is 11.8 Å². The molecule has 27 heavy (non-hydrogen) atoms. The van der Waals surface area contributed by atoms with Gasteiger partial charge in [-0.05, 0) is 30.7 Å². The van der Waals surface area contributed by atoms with Crippen LogP contribution in [0.2, 0.25) is 5.02 Å². The lowest BCUT2D eigenvalue weighted by molar-refractivity contribution is 0.103. The van der Waals surface area contributed by atoms with Gasteiger partial charge in [-0.15, -0.1) is 0 Å². The molecule has 0 atom stereocenters. The van der Waals surface area contributed by atoms with Crippen molar-refractivity contribution in [2.45, 2.75) is 6.92 Å². The molecule has 0 bridgehead atoms. The maximum absolute atomic E-state index is 12.8. The molecule has 2 heterocycles. The molecule has 4 aromatic rings. The second-order valence-corrected chi connectivity index (χ2v) is 6.62. The largest absolute Gasteiger partial charge is 0.338 e. The smallest absolute Gasteiger partial charge is 0.194 e. The fraction of sp³-hybridized carbons (Fsp3) is 0.100. The van der Waals surface area contributed by atoms with Crippen LogP contribution in [0.1, 0.15) is 21.5 Å². The van der Waals surface area contributed by atoms with E-state index in [-0.39, 0.29) is 5.78 Å². The van der Waals surface area contributed by atoms with Crippen molar-refractivity contribution in [3.63, 3.8) is 0 Å². The van der Waals surface area contributed by atoms with Gasteiger partial charge in [-0.3, -0.25) is 4.79 Å². The Kier molecular flexibility index (Phi) is 4.33. The van der Waals surface area contributed by atoms with Crippen LogP contribution in [0.4, 0.5) is 11.5 Å². The minimum atomic E-state index is -0.0966. The third-order valence-corrected chi connectivity index (χ3v) is 4.69. The van der Waals surface area contributed by atoms with E-state index in [1.54, 1.807) is 24.5 Å². The third-order valence-electron chi connectivity index (χ3n) is 4.38. The molecule has 0 saturated heterocycles. The summed E-state index contributed by atoms with van der Waals surface area (Å²) in [5.41, 5.74) is 4.14. The maximum Gasteiger partial charge on any atom is 0.194 e. The molecule has 2 aromatic carbocycles. The fourth-order valence-electron chi connectivity index (χ4n) is 2.97. The quantitative estimate of drug-likeness (QED) is 0.537. The predicted molar refractivity (Wildman–Crippen MR) is 106 cm³/mol. The van der Waals surface area contributed by atoms with Gasteiger partial charge in [-0.1, -0.05) is 35.9 Å². The number of rotatable bonds is 4. The molecule has 0 radical (unpaired) electrons. The van der Waals surface area contributed by atoms with E-state index in [4.69, 9.17) is 11.6 Å². The summed E-state index contributed by atoms with van der Waals surface area (Å²) in [7, 11) is 1.88. The Morgan fingerprint density at radius 2 is 1.89 bits per heavy atom. The van der Waals surface area contributed by atoms with Crippen LogP contribution in [0.3, 0.4) is 0 Å². The number of ketones is 1. The van der Waals surface area contributed by atoms with Crippen LogP contribution in [-0.2, 0) is 7.05 Å². The minimum absolute atomic E-state index is 0.0966. The number of aromatic nitrogens is 4. The third kappa shape index (κ3) is 3.15. The molecule has 0 amide bonds. The van der Waals surface area contributed by atoms with E-state index in [0.29, 0.717) is 27.6 Å². The highest BCUT2D eigenvalue weighted by Crippen LogP contribution is 2.27. The van der Waals surface area contributed by atoms with Crippen molar-refractivity contribution in [1.29, 1.82) is 0 Å². The van der Waals surface area contributed by atoms with E-state index < -0.39 is 0 Å². The monoisotopic (exact) mass is 377 g/mol. The van der Waals surface area contributed by atoms with Crippen LogP contribution in [0.25, 0.3) is 11.2 Å². The SMILES string of the molecule is Cc1ccccc1C(=O)c1ccc(Nc2ncnc3ncn(C)c23)cc1Cl. The van der Waals surface area contributed by atoms with Gasteiger partial charge in [0, 0.05) is 23.9 Å². The number of nitrogens with one attached hydrogen (secondary N) is 1. The second kappa shape index (κ2) is 6.81. The number of halogens is 1. The molecule has 0 unspecified atom stereocenters. The van der Waals surface area contributed by atoms with Gasteiger partial charge in [0.25, 0.3) is 0 Å². The predicted octanol–water partition coefficient (Wildman–Crippen LogP) is 4.30. The summed E-state index contributed by atoms with van der Waals surface area (Å²) >= 11 is 6.41. The van der Waals surface area contributed by atoms with Crippen LogP contribution < -0.4 is 5.32 Å². The summed E-state index contributed by atoms with van der Waals surface area (Å²) in [6, 6.07) is 12.7. The molecule has 0 saturated carbocycles. The van der Waals surface area contributed by atoms with Crippen molar-refractivity contribution < 1.29 is 4.79 Å². The standard InChI is InChI=1S/C20H16ClN5O/c1-12-5-3-4-6-14(12)18(27)15-8-7-13(9-16(15)21)25-20-17-19(22-10-23-20)24-11-26(17)2/h3-11H,1-2H3,(H,22,23,25). The highest BCUT2D eigenvalue weighted by atomic mass is 35.5. The second-order valence-electron chi connectivity index (χ2n) is 6.21. The Hall–Kier alpha value is -3.25. The molecule has 134 valence electrons. The Balaban J connectivity index is 1.67. The molecule has 4 rings (SSSR count). The number of hydrogen-bond donors (Lipinski definition) is 1. The van der Waals surface area contributed by atoms with Crippen molar-refractivity contribution in [2.24, 2.45) is 7.05 Å². The Labute approximate surface area is 160 Å². The molecule has 6 nitrogen and oxygen atoms in total. The molecule has 1 N–H and O–H groups in total. The van der Waals surface area contributed by atoms with Crippen molar-refractivity contribution in [3.8, 4) is 0 Å². The summed E-state index contributed by atoms with van der Waals surface area (Å²) < 4.78 is 1.84. The Bertz CT molecular complexity index is 1170. The average molecular weight is 378 g/mol. The number of anilines is 2. The van der Waals surface area contributed by atoms with Gasteiger partial charge in [0.05, 0.1) is 11.3 Å². The first-order valence-electron chi connectivity index (χ1n) is 8.33. The number of carbonyl (C=O) groups excluding carboxylic acids is 1. The van der Waals surface area contributed by atoms with E-state index >= 15 is 0 Å². The first kappa shape index (κ1) is 17.2. The summed E-state index contributed by atoms with van der Waals surface area (Å²) in [5.74, 6) is 0.523. The molecular formula is C20H16ClN5O. The topological polar surface area (TPSA) is 72.7 Å². The minimum Gasteiger partial charge on any atom is -0.338 e. The number of hydrogen-bond acceptors (Lipinski definition) is 5. The lowest BCUT2D eigenvalue weighted by atomic mass is 9.99. The van der Waals surface area contributed by atoms with Crippen LogP contribution >= 0.6 is 11.6 Å². The summed E-state index contributed by atoms with van der Waals surface area (Å²) in [4.78, 5) is 25.5. The molecule has 0 aliphatic heterocycles. The summed E-state index contributed by atoms with van der Waals surface area (Å²) in [5, 5.41) is 3.60. The first-order chi connectivity index (χ1) is 13.0. The zero-order chi connectivity index (χ0) is 19.0. The summed E-state index contributed by atoms with van der Waals surface area (Å²) in [6.07, 6.45) is 3.14. The highest BCUT2D eigenvalue weighted by Gasteiger charge is 2.16. The van der Waals surface area contributed by atoms with Gasteiger partial charge in [0.15, 0.2) is 17.2 Å². The van der Waals surface area contributed by atoms with Crippen LogP contribution in [0, 0.1) is 6.92 Å². The molecule has 0 spiro atoms. The zero-order valence-corrected chi connectivity index (χ0v) is 15.5. The van der Waals surface area contributed by atoms with Gasteiger partial charge < -0.3 is 9.88 Å². The zero-order valence-electron chi connectivity index (χ0n) is 14.8. The van der Waals surface area contributed by atoms with Gasteiger partial charge in [0.2, 0.25) is 0 Å². The van der Waals surface area contributed by atoms with Crippen molar-refractivity contribution in [3.05, 3.63) is 76.8 Å². The van der Waals surface area contributed by atoms with E-state index in [1.165, 1.54) is 6.33 Å². The number of fused-ring (bicyclic) bond motifs is 1. The molecule has 7 heteroatoms. The molecule has 0 aliphatic rings.